The van der Waals surface area contributed by atoms with Crippen LogP contribution in [-0.2, 0) is 4.79 Å². The number of ether oxygens (including phenoxy) is 1. The number of nitrogen functional groups attached to an aromatic ring is 1. The normalized spacial score (nSPS) is 23.5. The number of anilines is 2. The van der Waals surface area contributed by atoms with Crippen LogP contribution < -0.4 is 15.4 Å². The number of carbonyl (C=O) groups is 1. The van der Waals surface area contributed by atoms with Crippen LogP contribution in [0, 0.1) is 28.5 Å². The van der Waals surface area contributed by atoms with E-state index < -0.39 is 17.5 Å². The maximum absolute atomic E-state index is 15.0. The Bertz CT molecular complexity index is 2130. The van der Waals surface area contributed by atoms with Gasteiger partial charge in [0.1, 0.15) is 41.6 Å². The zero-order valence-corrected chi connectivity index (χ0v) is 28.5. The van der Waals surface area contributed by atoms with E-state index >= 15 is 0 Å². The molecule has 4 atom stereocenters. The van der Waals surface area contributed by atoms with Crippen molar-refractivity contribution < 1.29 is 18.3 Å². The average molecular weight is 703 g/mol. The average Bonchev–Trinajstić information content (AvgIpc) is 3.83. The molecule has 2 N–H and O–H groups in total. The van der Waals surface area contributed by atoms with Crippen molar-refractivity contribution in [2.75, 3.05) is 43.9 Å². The predicted octanol–water partition coefficient (Wildman–Crippen LogP) is 6.20. The van der Waals surface area contributed by atoms with Gasteiger partial charge in [0.2, 0.25) is 5.91 Å². The van der Waals surface area contributed by atoms with Gasteiger partial charge in [-0.2, -0.15) is 20.5 Å². The summed E-state index contributed by atoms with van der Waals surface area (Å²) < 4.78 is 36.1. The first kappa shape index (κ1) is 33.0. The summed E-state index contributed by atoms with van der Waals surface area (Å²) in [6.07, 6.45) is 3.08. The van der Waals surface area contributed by atoms with Crippen LogP contribution in [-0.4, -0.2) is 82.8 Å². The molecule has 14 heteroatoms. The summed E-state index contributed by atoms with van der Waals surface area (Å²) in [5, 5.41) is 21.7. The second-order valence-corrected chi connectivity index (χ2v) is 14.5. The molecule has 252 valence electrons. The van der Waals surface area contributed by atoms with Crippen molar-refractivity contribution in [2.45, 2.75) is 56.4 Å². The number of rotatable bonds is 7. The Morgan fingerprint density at radius 3 is 2.82 bits per heavy atom. The van der Waals surface area contributed by atoms with E-state index in [9.17, 15) is 24.1 Å². The molecule has 2 aromatic heterocycles. The van der Waals surface area contributed by atoms with Gasteiger partial charge in [-0.3, -0.25) is 9.69 Å². The number of likely N-dealkylation sites (tertiary alicyclic amines) is 1. The van der Waals surface area contributed by atoms with Crippen LogP contribution in [0.4, 0.5) is 19.6 Å². The fraction of sp³-hybridized carbons (Fsp3) is 0.400. The minimum Gasteiger partial charge on any atom is -0.461 e. The molecular weight excluding hydrogens is 670 g/mol. The Kier molecular flexibility index (Phi) is 8.34. The molecule has 0 saturated carbocycles. The largest absolute Gasteiger partial charge is 0.461 e. The highest BCUT2D eigenvalue weighted by atomic mass is 35.5. The number of benzene rings is 2. The molecule has 1 amide bonds. The number of nitrogens with two attached hydrogens (primary N) is 1. The van der Waals surface area contributed by atoms with Crippen molar-refractivity contribution in [1.29, 1.82) is 10.5 Å². The van der Waals surface area contributed by atoms with Crippen LogP contribution in [0.5, 0.6) is 6.01 Å². The smallest absolute Gasteiger partial charge is 0.319 e. The molecule has 7 rings (SSSR count). The van der Waals surface area contributed by atoms with Gasteiger partial charge in [0.15, 0.2) is 0 Å². The number of amides is 1. The van der Waals surface area contributed by atoms with Crippen LogP contribution in [0.15, 0.2) is 30.9 Å². The van der Waals surface area contributed by atoms with E-state index in [1.54, 1.807) is 11.0 Å². The molecule has 3 aliphatic heterocycles. The lowest BCUT2D eigenvalue weighted by Gasteiger charge is -2.33. The SMILES string of the molecule is C=CC(=O)N1CCC(N(C)c2nc(OCC34CCCN3CC(F)C4)nc3c(C#N)c(-c4ccc(F)c5sc(N)c(C#N)c45)c(Cl)cc23)C1C. The molecule has 0 spiro atoms. The van der Waals surface area contributed by atoms with E-state index in [4.69, 9.17) is 32.0 Å². The highest BCUT2D eigenvalue weighted by Crippen LogP contribution is 2.47. The summed E-state index contributed by atoms with van der Waals surface area (Å²) in [5.41, 5.74) is 6.71. The minimum absolute atomic E-state index is 0.00840. The number of nitrogens with zero attached hydrogens (tertiary/aromatic N) is 7. The summed E-state index contributed by atoms with van der Waals surface area (Å²) in [6.45, 7) is 7.45. The molecule has 5 heterocycles. The maximum Gasteiger partial charge on any atom is 0.319 e. The molecular formula is C35H33ClF2N8O2S. The molecule has 3 aliphatic rings. The zero-order valence-electron chi connectivity index (χ0n) is 27.0. The molecule has 4 unspecified atom stereocenters. The van der Waals surface area contributed by atoms with Gasteiger partial charge in [-0.15, -0.1) is 11.3 Å². The lowest BCUT2D eigenvalue weighted by Crippen LogP contribution is -2.44. The molecule has 10 nitrogen and oxygen atoms in total. The second-order valence-electron chi connectivity index (χ2n) is 13.0. The topological polar surface area (TPSA) is 135 Å². The summed E-state index contributed by atoms with van der Waals surface area (Å²) in [4.78, 5) is 28.0. The lowest BCUT2D eigenvalue weighted by molar-refractivity contribution is -0.126. The molecule has 0 bridgehead atoms. The number of alkyl halides is 1. The fourth-order valence-electron chi connectivity index (χ4n) is 8.09. The monoisotopic (exact) mass is 702 g/mol. The number of carbonyl (C=O) groups excluding carboxylic acids is 1. The fourth-order valence-corrected chi connectivity index (χ4v) is 9.34. The number of nitriles is 2. The Hall–Kier alpha value is -4.56. The number of thiophene rings is 1. The van der Waals surface area contributed by atoms with E-state index in [1.165, 1.54) is 18.2 Å². The van der Waals surface area contributed by atoms with Crippen LogP contribution >= 0.6 is 22.9 Å². The third-order valence-electron chi connectivity index (χ3n) is 10.4. The summed E-state index contributed by atoms with van der Waals surface area (Å²) >= 11 is 7.96. The molecule has 3 saturated heterocycles. The number of aromatic nitrogens is 2. The van der Waals surface area contributed by atoms with Crippen molar-refractivity contribution in [3.63, 3.8) is 0 Å². The molecule has 0 radical (unpaired) electrons. The third kappa shape index (κ3) is 5.23. The van der Waals surface area contributed by atoms with Crippen LogP contribution in [0.2, 0.25) is 5.02 Å². The quantitative estimate of drug-likeness (QED) is 0.224. The summed E-state index contributed by atoms with van der Waals surface area (Å²) in [7, 11) is 1.86. The van der Waals surface area contributed by atoms with Gasteiger partial charge in [-0.05, 0) is 56.5 Å². The van der Waals surface area contributed by atoms with Gasteiger partial charge < -0.3 is 20.3 Å². The first-order valence-electron chi connectivity index (χ1n) is 16.0. The Balaban J connectivity index is 1.41. The molecule has 0 aliphatic carbocycles. The van der Waals surface area contributed by atoms with Crippen molar-refractivity contribution in [1.82, 2.24) is 19.8 Å². The van der Waals surface area contributed by atoms with E-state index in [0.29, 0.717) is 42.7 Å². The van der Waals surface area contributed by atoms with Crippen molar-refractivity contribution in [2.24, 2.45) is 0 Å². The Morgan fingerprint density at radius 1 is 1.31 bits per heavy atom. The number of hydrogen-bond acceptors (Lipinski definition) is 10. The first-order chi connectivity index (χ1) is 23.5. The van der Waals surface area contributed by atoms with E-state index in [1.807, 2.05) is 18.9 Å². The molecule has 4 aromatic rings. The number of halogens is 3. The highest BCUT2D eigenvalue weighted by Gasteiger charge is 2.49. The van der Waals surface area contributed by atoms with Gasteiger partial charge in [0.25, 0.3) is 0 Å². The van der Waals surface area contributed by atoms with Crippen LogP contribution in [0.1, 0.15) is 43.7 Å². The van der Waals surface area contributed by atoms with Gasteiger partial charge in [0, 0.05) is 48.9 Å². The summed E-state index contributed by atoms with van der Waals surface area (Å²) in [6, 6.07) is 8.40. The summed E-state index contributed by atoms with van der Waals surface area (Å²) in [5.74, 6) is -0.280. The first-order valence-corrected chi connectivity index (χ1v) is 17.2. The second kappa shape index (κ2) is 12.4. The van der Waals surface area contributed by atoms with Crippen molar-refractivity contribution in [3.05, 3.63) is 52.8 Å². The van der Waals surface area contributed by atoms with Gasteiger partial charge in [-0.25, -0.2) is 8.78 Å². The Morgan fingerprint density at radius 2 is 2.08 bits per heavy atom. The van der Waals surface area contributed by atoms with Crippen LogP contribution in [0.25, 0.3) is 32.1 Å². The van der Waals surface area contributed by atoms with Crippen molar-refractivity contribution >= 4 is 60.7 Å². The molecule has 3 fully saturated rings. The molecule has 2 aromatic carbocycles. The van der Waals surface area contributed by atoms with Crippen molar-refractivity contribution in [3.8, 4) is 29.3 Å². The minimum atomic E-state index is -0.944. The van der Waals surface area contributed by atoms with E-state index in [0.717, 1.165) is 30.7 Å². The number of likely N-dealkylation sites (N-methyl/N-ethyl adjacent to an activating group) is 1. The molecule has 49 heavy (non-hydrogen) atoms. The lowest BCUT2D eigenvalue weighted by atomic mass is 9.93. The highest BCUT2D eigenvalue weighted by molar-refractivity contribution is 7.23. The maximum atomic E-state index is 15.0. The van der Waals surface area contributed by atoms with Gasteiger partial charge >= 0.3 is 6.01 Å². The van der Waals surface area contributed by atoms with E-state index in [2.05, 4.69) is 23.6 Å². The number of fused-ring (bicyclic) bond motifs is 3. The predicted molar refractivity (Wildman–Crippen MR) is 186 cm³/mol. The van der Waals surface area contributed by atoms with Crippen LogP contribution in [0.3, 0.4) is 0 Å². The van der Waals surface area contributed by atoms with Gasteiger partial charge in [-0.1, -0.05) is 24.2 Å². The number of hydrogen-bond donors (Lipinski definition) is 1. The third-order valence-corrected chi connectivity index (χ3v) is 11.8. The standard InChI is InChI=1S/C35H33ClF2N8O2S/c1-4-27(47)46-11-8-26(18(46)2)44(3)33-21-12-24(36)28(20-6-7-25(38)31-29(20)23(15-40)32(41)49-31)22(14-39)30(21)42-34(43-33)48-17-35-9-5-10-45(35)16-19(37)13-35/h4,6-7,12,18-19,26H,1,5,8-11,13,16-17,41H2,2-3H3. The van der Waals surface area contributed by atoms with Gasteiger partial charge in [0.05, 0.1) is 37.9 Å². The van der Waals surface area contributed by atoms with E-state index in [-0.39, 0.29) is 72.9 Å². The Labute approximate surface area is 290 Å². The zero-order chi connectivity index (χ0) is 34.8.